The highest BCUT2D eigenvalue weighted by Crippen LogP contribution is 2.32. The van der Waals surface area contributed by atoms with Crippen molar-refractivity contribution >= 4 is 11.3 Å². The molecule has 0 aliphatic rings. The molecule has 0 amide bonds. The average Bonchev–Trinajstić information content (AvgIpc) is 2.55. The minimum atomic E-state index is -0.493. The van der Waals surface area contributed by atoms with Crippen LogP contribution in [0.3, 0.4) is 0 Å². The zero-order chi connectivity index (χ0) is 12.6. The first-order valence-corrected chi connectivity index (χ1v) is 6.62. The third-order valence-electron chi connectivity index (χ3n) is 2.89. The Balaban J connectivity index is 2.43. The zero-order valence-electron chi connectivity index (χ0n) is 10.7. The van der Waals surface area contributed by atoms with E-state index in [1.54, 1.807) is 11.3 Å². The molecule has 1 nitrogen and oxygen atoms in total. The van der Waals surface area contributed by atoms with Crippen LogP contribution >= 0.6 is 11.3 Å². The van der Waals surface area contributed by atoms with Gasteiger partial charge in [-0.05, 0) is 44.9 Å². The molecule has 17 heavy (non-hydrogen) atoms. The first-order valence-electron chi connectivity index (χ1n) is 5.80. The molecule has 2 aromatic rings. The standard InChI is InChI=1S/C15H18OS/c1-9-5-10(2)7-13(6-9)14(16)15-11(3)8-12(4)17-15/h5-8,14,16H,1-4H3. The normalized spacial score (nSPS) is 12.8. The maximum atomic E-state index is 10.4. The molecule has 1 aromatic heterocycles. The highest BCUT2D eigenvalue weighted by atomic mass is 32.1. The maximum absolute atomic E-state index is 10.4. The third kappa shape index (κ3) is 2.59. The van der Waals surface area contributed by atoms with Crippen LogP contribution in [-0.2, 0) is 0 Å². The van der Waals surface area contributed by atoms with Crippen LogP contribution in [0.15, 0.2) is 24.3 Å². The molecule has 1 N–H and O–H groups in total. The predicted molar refractivity (Wildman–Crippen MR) is 73.8 cm³/mol. The van der Waals surface area contributed by atoms with E-state index < -0.39 is 6.10 Å². The Morgan fingerprint density at radius 1 is 0.941 bits per heavy atom. The Hall–Kier alpha value is -1.12. The van der Waals surface area contributed by atoms with Crippen LogP contribution in [0.1, 0.15) is 38.1 Å². The van der Waals surface area contributed by atoms with Crippen molar-refractivity contribution in [3.05, 3.63) is 56.3 Å². The van der Waals surface area contributed by atoms with Crippen LogP contribution in [-0.4, -0.2) is 5.11 Å². The molecule has 0 fully saturated rings. The van der Waals surface area contributed by atoms with Gasteiger partial charge in [0.1, 0.15) is 6.10 Å². The summed E-state index contributed by atoms with van der Waals surface area (Å²) < 4.78 is 0. The molecule has 2 rings (SSSR count). The average molecular weight is 246 g/mol. The molecular weight excluding hydrogens is 228 g/mol. The molecular formula is C15H18OS. The quantitative estimate of drug-likeness (QED) is 0.847. The van der Waals surface area contributed by atoms with E-state index >= 15 is 0 Å². The first-order chi connectivity index (χ1) is 7.97. The maximum Gasteiger partial charge on any atom is 0.113 e. The van der Waals surface area contributed by atoms with Crippen molar-refractivity contribution in [1.29, 1.82) is 0 Å². The van der Waals surface area contributed by atoms with E-state index in [0.29, 0.717) is 0 Å². The van der Waals surface area contributed by atoms with E-state index in [-0.39, 0.29) is 0 Å². The molecule has 0 aliphatic carbocycles. The smallest absolute Gasteiger partial charge is 0.113 e. The Morgan fingerprint density at radius 2 is 1.53 bits per heavy atom. The molecule has 0 radical (unpaired) electrons. The molecule has 0 saturated carbocycles. The van der Waals surface area contributed by atoms with Gasteiger partial charge in [0.15, 0.2) is 0 Å². The van der Waals surface area contributed by atoms with E-state index in [0.717, 1.165) is 10.4 Å². The first kappa shape index (κ1) is 12.3. The molecule has 0 spiro atoms. The van der Waals surface area contributed by atoms with Crippen LogP contribution in [0.4, 0.5) is 0 Å². The van der Waals surface area contributed by atoms with Crippen LogP contribution in [0, 0.1) is 27.7 Å². The minimum Gasteiger partial charge on any atom is -0.383 e. The summed E-state index contributed by atoms with van der Waals surface area (Å²) in [5, 5.41) is 10.4. The van der Waals surface area contributed by atoms with E-state index in [9.17, 15) is 5.11 Å². The summed E-state index contributed by atoms with van der Waals surface area (Å²) in [6.45, 7) is 8.27. The number of hydrogen-bond donors (Lipinski definition) is 1. The lowest BCUT2D eigenvalue weighted by Crippen LogP contribution is -1.99. The third-order valence-corrected chi connectivity index (χ3v) is 4.09. The van der Waals surface area contributed by atoms with Crippen molar-refractivity contribution in [1.82, 2.24) is 0 Å². The zero-order valence-corrected chi connectivity index (χ0v) is 11.6. The van der Waals surface area contributed by atoms with E-state index in [2.05, 4.69) is 52.0 Å². The number of aliphatic hydroxyl groups excluding tert-OH is 1. The topological polar surface area (TPSA) is 20.2 Å². The van der Waals surface area contributed by atoms with Gasteiger partial charge in [0, 0.05) is 9.75 Å². The Kier molecular flexibility index (Phi) is 3.36. The lowest BCUT2D eigenvalue weighted by molar-refractivity contribution is 0.223. The van der Waals surface area contributed by atoms with Crippen LogP contribution in [0.5, 0.6) is 0 Å². The monoisotopic (exact) mass is 246 g/mol. The molecule has 0 aliphatic heterocycles. The molecule has 0 saturated heterocycles. The van der Waals surface area contributed by atoms with Crippen molar-refractivity contribution in [2.75, 3.05) is 0 Å². The van der Waals surface area contributed by atoms with Gasteiger partial charge in [-0.15, -0.1) is 11.3 Å². The Bertz CT molecular complexity index is 520. The summed E-state index contributed by atoms with van der Waals surface area (Å²) in [7, 11) is 0. The van der Waals surface area contributed by atoms with Crippen molar-refractivity contribution < 1.29 is 5.11 Å². The number of benzene rings is 1. The summed E-state index contributed by atoms with van der Waals surface area (Å²) in [5.41, 5.74) is 4.57. The van der Waals surface area contributed by atoms with Crippen LogP contribution in [0.2, 0.25) is 0 Å². The number of hydrogen-bond acceptors (Lipinski definition) is 2. The summed E-state index contributed by atoms with van der Waals surface area (Å²) in [6, 6.07) is 8.38. The number of aliphatic hydroxyl groups is 1. The van der Waals surface area contributed by atoms with Crippen LogP contribution in [0.25, 0.3) is 0 Å². The second-order valence-electron chi connectivity index (χ2n) is 4.73. The van der Waals surface area contributed by atoms with Gasteiger partial charge in [0.2, 0.25) is 0 Å². The molecule has 1 unspecified atom stereocenters. The Morgan fingerprint density at radius 3 is 2.00 bits per heavy atom. The highest BCUT2D eigenvalue weighted by Gasteiger charge is 2.15. The molecule has 1 heterocycles. The summed E-state index contributed by atoms with van der Waals surface area (Å²) >= 11 is 1.68. The van der Waals surface area contributed by atoms with Crippen molar-refractivity contribution in [3.8, 4) is 0 Å². The van der Waals surface area contributed by atoms with E-state index in [1.807, 2.05) is 0 Å². The molecule has 1 atom stereocenters. The van der Waals surface area contributed by atoms with Gasteiger partial charge >= 0.3 is 0 Å². The number of aryl methyl sites for hydroxylation is 4. The summed E-state index contributed by atoms with van der Waals surface area (Å²) in [6.07, 6.45) is -0.493. The van der Waals surface area contributed by atoms with Gasteiger partial charge in [0.05, 0.1) is 0 Å². The second-order valence-corrected chi connectivity index (χ2v) is 6.02. The van der Waals surface area contributed by atoms with Crippen LogP contribution < -0.4 is 0 Å². The second kappa shape index (κ2) is 4.63. The van der Waals surface area contributed by atoms with Gasteiger partial charge < -0.3 is 5.11 Å². The van der Waals surface area contributed by atoms with E-state index in [4.69, 9.17) is 0 Å². The number of rotatable bonds is 2. The van der Waals surface area contributed by atoms with Gasteiger partial charge in [-0.1, -0.05) is 29.3 Å². The lowest BCUT2D eigenvalue weighted by Gasteiger charge is -2.12. The van der Waals surface area contributed by atoms with Crippen molar-refractivity contribution in [2.45, 2.75) is 33.8 Å². The molecule has 0 bridgehead atoms. The highest BCUT2D eigenvalue weighted by molar-refractivity contribution is 7.12. The fourth-order valence-electron chi connectivity index (χ4n) is 2.25. The van der Waals surface area contributed by atoms with Gasteiger partial charge in [-0.3, -0.25) is 0 Å². The minimum absolute atomic E-state index is 0.493. The van der Waals surface area contributed by atoms with Crippen molar-refractivity contribution in [2.24, 2.45) is 0 Å². The Labute approximate surface area is 107 Å². The largest absolute Gasteiger partial charge is 0.383 e. The van der Waals surface area contributed by atoms with E-state index in [1.165, 1.54) is 21.6 Å². The van der Waals surface area contributed by atoms with Gasteiger partial charge in [0.25, 0.3) is 0 Å². The SMILES string of the molecule is Cc1cc(C)cc(C(O)c2sc(C)cc2C)c1. The van der Waals surface area contributed by atoms with Gasteiger partial charge in [-0.2, -0.15) is 0 Å². The molecule has 2 heteroatoms. The van der Waals surface area contributed by atoms with Crippen molar-refractivity contribution in [3.63, 3.8) is 0 Å². The summed E-state index contributed by atoms with van der Waals surface area (Å²) in [5.74, 6) is 0. The van der Waals surface area contributed by atoms with Gasteiger partial charge in [-0.25, -0.2) is 0 Å². The number of thiophene rings is 1. The lowest BCUT2D eigenvalue weighted by atomic mass is 10.0. The fourth-order valence-corrected chi connectivity index (χ4v) is 3.30. The summed E-state index contributed by atoms with van der Waals surface area (Å²) in [4.78, 5) is 2.31. The molecule has 1 aromatic carbocycles. The predicted octanol–water partition coefficient (Wildman–Crippen LogP) is 4.06. The molecule has 90 valence electrons. The fraction of sp³-hybridized carbons (Fsp3) is 0.333.